The van der Waals surface area contributed by atoms with Crippen LogP contribution in [-0.4, -0.2) is 34.2 Å². The maximum Gasteiger partial charge on any atom is 0.242 e. The maximum atomic E-state index is 12.6. The Hall–Kier alpha value is -2.31. The first-order valence-electron chi connectivity index (χ1n) is 8.91. The van der Waals surface area contributed by atoms with Crippen LogP contribution in [0, 0.1) is 20.8 Å². The number of hydrogen-bond acceptors (Lipinski definition) is 4. The van der Waals surface area contributed by atoms with Gasteiger partial charge in [0.25, 0.3) is 0 Å². The van der Waals surface area contributed by atoms with Crippen molar-refractivity contribution >= 4 is 51.7 Å². The van der Waals surface area contributed by atoms with E-state index in [-0.39, 0.29) is 18.2 Å². The molecule has 0 bridgehead atoms. The van der Waals surface area contributed by atoms with E-state index in [1.54, 1.807) is 13.1 Å². The Morgan fingerprint density at radius 1 is 1.21 bits per heavy atom. The van der Waals surface area contributed by atoms with E-state index in [4.69, 9.17) is 11.6 Å². The molecule has 3 rings (SSSR count). The SMILES string of the molecule is Cc1cc(Cl)ccc1N=C1SC(CC(=O)Nc2cccc(C)c2C)C(=O)N1C. The van der Waals surface area contributed by atoms with Crippen molar-refractivity contribution in [1.82, 2.24) is 4.90 Å². The number of nitrogens with zero attached hydrogens (tertiary/aromatic N) is 2. The molecule has 1 saturated heterocycles. The van der Waals surface area contributed by atoms with Gasteiger partial charge in [0, 0.05) is 24.2 Å². The molecule has 5 nitrogen and oxygen atoms in total. The molecular weight excluding hydrogens is 394 g/mol. The monoisotopic (exact) mass is 415 g/mol. The van der Waals surface area contributed by atoms with Gasteiger partial charge in [0.2, 0.25) is 11.8 Å². The van der Waals surface area contributed by atoms with Crippen molar-refractivity contribution in [2.75, 3.05) is 12.4 Å². The molecule has 1 aliphatic rings. The van der Waals surface area contributed by atoms with E-state index in [2.05, 4.69) is 10.3 Å². The lowest BCUT2D eigenvalue weighted by Gasteiger charge is -2.12. The number of amidine groups is 1. The van der Waals surface area contributed by atoms with Crippen LogP contribution in [0.3, 0.4) is 0 Å². The van der Waals surface area contributed by atoms with E-state index >= 15 is 0 Å². The number of thioether (sulfide) groups is 1. The van der Waals surface area contributed by atoms with E-state index in [1.165, 1.54) is 16.7 Å². The van der Waals surface area contributed by atoms with Gasteiger partial charge in [-0.2, -0.15) is 0 Å². The molecule has 2 amide bonds. The highest BCUT2D eigenvalue weighted by Gasteiger charge is 2.37. The summed E-state index contributed by atoms with van der Waals surface area (Å²) in [6, 6.07) is 11.2. The molecule has 0 radical (unpaired) electrons. The fraction of sp³-hybridized carbons (Fsp3) is 0.286. The molecule has 0 aliphatic carbocycles. The van der Waals surface area contributed by atoms with Gasteiger partial charge in [0.15, 0.2) is 5.17 Å². The Morgan fingerprint density at radius 3 is 2.68 bits per heavy atom. The van der Waals surface area contributed by atoms with Crippen molar-refractivity contribution in [3.63, 3.8) is 0 Å². The van der Waals surface area contributed by atoms with E-state index in [0.717, 1.165) is 28.1 Å². The van der Waals surface area contributed by atoms with Crippen LogP contribution < -0.4 is 5.32 Å². The molecule has 1 unspecified atom stereocenters. The molecule has 0 spiro atoms. The van der Waals surface area contributed by atoms with Gasteiger partial charge in [0.1, 0.15) is 5.25 Å². The predicted molar refractivity (Wildman–Crippen MR) is 117 cm³/mol. The Bertz CT molecular complexity index is 974. The lowest BCUT2D eigenvalue weighted by Crippen LogP contribution is -2.30. The molecule has 0 aromatic heterocycles. The average Bonchev–Trinajstić information content (AvgIpc) is 2.89. The minimum absolute atomic E-state index is 0.0971. The summed E-state index contributed by atoms with van der Waals surface area (Å²) >= 11 is 7.30. The van der Waals surface area contributed by atoms with E-state index < -0.39 is 5.25 Å². The van der Waals surface area contributed by atoms with Crippen LogP contribution in [0.4, 0.5) is 11.4 Å². The maximum absolute atomic E-state index is 12.6. The molecule has 1 N–H and O–H groups in total. The van der Waals surface area contributed by atoms with Crippen LogP contribution in [0.25, 0.3) is 0 Å². The number of carbonyl (C=O) groups is 2. The Labute approximate surface area is 174 Å². The summed E-state index contributed by atoms with van der Waals surface area (Å²) in [5.41, 5.74) is 4.60. The number of halogens is 1. The van der Waals surface area contributed by atoms with Gasteiger partial charge in [-0.05, 0) is 61.7 Å². The first-order chi connectivity index (χ1) is 13.3. The van der Waals surface area contributed by atoms with Gasteiger partial charge in [-0.3, -0.25) is 14.5 Å². The van der Waals surface area contributed by atoms with Crippen LogP contribution in [0.15, 0.2) is 41.4 Å². The molecular formula is C21H22ClN3O2S. The van der Waals surface area contributed by atoms with E-state index in [0.29, 0.717) is 10.2 Å². The van der Waals surface area contributed by atoms with Gasteiger partial charge in [0.05, 0.1) is 5.69 Å². The van der Waals surface area contributed by atoms with Crippen molar-refractivity contribution in [2.24, 2.45) is 4.99 Å². The Kier molecular flexibility index (Phi) is 6.10. The summed E-state index contributed by atoms with van der Waals surface area (Å²) in [7, 11) is 1.68. The highest BCUT2D eigenvalue weighted by Crippen LogP contribution is 2.32. The molecule has 1 atom stereocenters. The van der Waals surface area contributed by atoms with Gasteiger partial charge in [-0.1, -0.05) is 35.5 Å². The van der Waals surface area contributed by atoms with Gasteiger partial charge >= 0.3 is 0 Å². The second-order valence-electron chi connectivity index (χ2n) is 6.83. The van der Waals surface area contributed by atoms with Crippen LogP contribution in [-0.2, 0) is 9.59 Å². The fourth-order valence-electron chi connectivity index (χ4n) is 2.90. The molecule has 2 aromatic rings. The second kappa shape index (κ2) is 8.37. The van der Waals surface area contributed by atoms with Gasteiger partial charge in [-0.25, -0.2) is 4.99 Å². The summed E-state index contributed by atoms with van der Waals surface area (Å²) < 4.78 is 0. The smallest absolute Gasteiger partial charge is 0.242 e. The third-order valence-electron chi connectivity index (χ3n) is 4.77. The summed E-state index contributed by atoms with van der Waals surface area (Å²) in [6.07, 6.45) is 0.0971. The average molecular weight is 416 g/mol. The molecule has 7 heteroatoms. The van der Waals surface area contributed by atoms with Crippen LogP contribution in [0.1, 0.15) is 23.1 Å². The van der Waals surface area contributed by atoms with E-state index in [1.807, 2.05) is 51.1 Å². The van der Waals surface area contributed by atoms with E-state index in [9.17, 15) is 9.59 Å². The number of rotatable bonds is 4. The summed E-state index contributed by atoms with van der Waals surface area (Å²) in [5.74, 6) is -0.302. The number of benzene rings is 2. The highest BCUT2D eigenvalue weighted by atomic mass is 35.5. The molecule has 28 heavy (non-hydrogen) atoms. The van der Waals surface area contributed by atoms with Crippen LogP contribution >= 0.6 is 23.4 Å². The summed E-state index contributed by atoms with van der Waals surface area (Å²) in [6.45, 7) is 5.88. The van der Waals surface area contributed by atoms with Crippen LogP contribution in [0.5, 0.6) is 0 Å². The van der Waals surface area contributed by atoms with Crippen LogP contribution in [0.2, 0.25) is 5.02 Å². The summed E-state index contributed by atoms with van der Waals surface area (Å²) in [5, 5.41) is 3.66. The number of anilines is 1. The summed E-state index contributed by atoms with van der Waals surface area (Å²) in [4.78, 5) is 31.2. The van der Waals surface area contributed by atoms with Crippen molar-refractivity contribution in [2.45, 2.75) is 32.4 Å². The fourth-order valence-corrected chi connectivity index (χ4v) is 4.27. The third-order valence-corrected chi connectivity index (χ3v) is 6.23. The topological polar surface area (TPSA) is 61.8 Å². The number of nitrogens with one attached hydrogen (secondary N) is 1. The number of aryl methyl sites for hydroxylation is 2. The largest absolute Gasteiger partial charge is 0.326 e. The van der Waals surface area contributed by atoms with Crippen molar-refractivity contribution in [3.8, 4) is 0 Å². The highest BCUT2D eigenvalue weighted by molar-refractivity contribution is 8.15. The van der Waals surface area contributed by atoms with Gasteiger partial charge < -0.3 is 5.32 Å². The van der Waals surface area contributed by atoms with Crippen molar-refractivity contribution in [1.29, 1.82) is 0 Å². The standard InChI is InChI=1S/C21H22ClN3O2S/c1-12-6-5-7-17(14(12)3)23-19(26)11-18-20(27)25(4)21(28-18)24-16-9-8-15(22)10-13(16)2/h5-10,18H,11H2,1-4H3,(H,23,26). The second-order valence-corrected chi connectivity index (χ2v) is 8.44. The molecule has 1 fully saturated rings. The lowest BCUT2D eigenvalue weighted by atomic mass is 10.1. The molecule has 1 heterocycles. The first-order valence-corrected chi connectivity index (χ1v) is 10.2. The van der Waals surface area contributed by atoms with Crippen molar-refractivity contribution < 1.29 is 9.59 Å². The predicted octanol–water partition coefficient (Wildman–Crippen LogP) is 4.86. The number of aliphatic imine (C=N–C) groups is 1. The third kappa shape index (κ3) is 4.39. The number of carbonyl (C=O) groups excluding carboxylic acids is 2. The van der Waals surface area contributed by atoms with Crippen molar-refractivity contribution in [3.05, 3.63) is 58.1 Å². The molecule has 2 aromatic carbocycles. The molecule has 1 aliphatic heterocycles. The molecule has 0 saturated carbocycles. The number of amides is 2. The number of hydrogen-bond donors (Lipinski definition) is 1. The van der Waals surface area contributed by atoms with Gasteiger partial charge in [-0.15, -0.1) is 0 Å². The first kappa shape index (κ1) is 20.4. The zero-order valence-corrected chi connectivity index (χ0v) is 17.8. The quantitative estimate of drug-likeness (QED) is 0.775. The zero-order valence-electron chi connectivity index (χ0n) is 16.2. The molecule has 146 valence electrons. The minimum atomic E-state index is -0.485. The minimum Gasteiger partial charge on any atom is -0.326 e. The normalized spacial score (nSPS) is 18.0. The Balaban J connectivity index is 1.72. The zero-order chi connectivity index (χ0) is 20.4. The Morgan fingerprint density at radius 2 is 1.96 bits per heavy atom. The lowest BCUT2D eigenvalue weighted by molar-refractivity contribution is -0.127.